The van der Waals surface area contributed by atoms with Gasteiger partial charge < -0.3 is 128 Å². The van der Waals surface area contributed by atoms with Gasteiger partial charge in [0.15, 0.2) is 10.8 Å². The Morgan fingerprint density at radius 2 is 1.24 bits per heavy atom. The lowest BCUT2D eigenvalue weighted by atomic mass is 9.84. The SMILES string of the molecule is C[C@H]1COCNc2cnn(C(F)F)c2-c2ccnc(c2)[C@@H](n2cnc(-c3cc(Cl)ccc3-n3cc(Cl)nn3)cc2=O)CCC1CCCCNC(=O)COCCOCCOCC(=O)NC(COCCC(=O)NCCOCCOCCOCCOC[C@H]1OC[C@H](Nc2cncc(C(F)(F)F)n2)[C@@H](O)[C@H]1O)COCCC(=O)NCCOCCOCCOCCOC[C@H]1OCC[C@@H](O)[C@H]1O. The number of alkyl halides is 5. The number of fused-ring (bicyclic) bond motifs is 4. The fraction of sp³-hybridized carbons (Fsp3) is 0.663. The van der Waals surface area contributed by atoms with E-state index in [1.165, 1.54) is 40.2 Å². The zero-order valence-electron chi connectivity index (χ0n) is 72.8. The Labute approximate surface area is 762 Å². The molecule has 5 aromatic heterocycles. The number of aliphatic hydroxyl groups excluding tert-OH is 4. The third-order valence-electron chi connectivity index (χ3n) is 20.7. The molecule has 2 saturated heterocycles. The molecule has 9 rings (SSSR count). The van der Waals surface area contributed by atoms with Gasteiger partial charge in [-0.05, 0) is 67.9 Å². The molecule has 41 nitrogen and oxygen atoms in total. The van der Waals surface area contributed by atoms with Gasteiger partial charge in [0, 0.05) is 67.5 Å². The molecule has 6 aromatic rings. The maximum absolute atomic E-state index is 14.5. The van der Waals surface area contributed by atoms with Crippen molar-refractivity contribution in [2.45, 2.75) is 126 Å². The van der Waals surface area contributed by atoms with Crippen LogP contribution >= 0.6 is 23.2 Å². The van der Waals surface area contributed by atoms with Crippen LogP contribution in [-0.2, 0) is 101 Å². The molecule has 3 aliphatic heterocycles. The number of carbonyl (C=O) groups excluding carboxylic acids is 4. The van der Waals surface area contributed by atoms with Crippen molar-refractivity contribution in [3.05, 3.63) is 106 Å². The minimum atomic E-state index is -4.72. The van der Waals surface area contributed by atoms with Gasteiger partial charge in [0.25, 0.3) is 5.56 Å². The predicted octanol–water partition coefficient (Wildman–Crippen LogP) is 3.39. The molecule has 8 heterocycles. The maximum atomic E-state index is 14.5. The molecular formula is C83H119Cl2F5N16O25. The minimum Gasteiger partial charge on any atom is -0.390 e. The van der Waals surface area contributed by atoms with Crippen LogP contribution in [0, 0.1) is 11.8 Å². The highest BCUT2D eigenvalue weighted by atomic mass is 35.5. The second kappa shape index (κ2) is 59.4. The number of anilines is 2. The van der Waals surface area contributed by atoms with Crippen LogP contribution in [0.15, 0.2) is 78.5 Å². The van der Waals surface area contributed by atoms with E-state index in [2.05, 4.69) is 64.2 Å². The van der Waals surface area contributed by atoms with E-state index in [0.29, 0.717) is 122 Å². The van der Waals surface area contributed by atoms with Crippen molar-refractivity contribution in [3.8, 4) is 28.2 Å². The number of aliphatic hydroxyl groups is 4. The fourth-order valence-corrected chi connectivity index (χ4v) is 14.1. The molecule has 10 N–H and O–H groups in total. The largest absolute Gasteiger partial charge is 0.434 e. The van der Waals surface area contributed by atoms with Gasteiger partial charge >= 0.3 is 12.7 Å². The van der Waals surface area contributed by atoms with E-state index >= 15 is 0 Å². The van der Waals surface area contributed by atoms with Gasteiger partial charge in [0.1, 0.15) is 56.3 Å². The smallest absolute Gasteiger partial charge is 0.390 e. The van der Waals surface area contributed by atoms with Crippen molar-refractivity contribution in [1.29, 1.82) is 0 Å². The summed E-state index contributed by atoms with van der Waals surface area (Å²) in [6.45, 7) is 3.70. The number of carbonyl (C=O) groups is 4. The Hall–Kier alpha value is -8.41. The Balaban J connectivity index is 0.622. The van der Waals surface area contributed by atoms with E-state index in [1.54, 1.807) is 30.3 Å². The number of pyridine rings is 1. The molecule has 4 amide bonds. The molecule has 2 fully saturated rings. The summed E-state index contributed by atoms with van der Waals surface area (Å²) >= 11 is 12.6. The number of amides is 4. The number of halogens is 7. The summed E-state index contributed by atoms with van der Waals surface area (Å²) in [5.41, 5.74) is 0.899. The third-order valence-corrected chi connectivity index (χ3v) is 21.1. The lowest BCUT2D eigenvalue weighted by Crippen LogP contribution is -2.57. The molecule has 11 atom stereocenters. The van der Waals surface area contributed by atoms with Crippen molar-refractivity contribution in [1.82, 2.24) is 70.5 Å². The molecule has 48 heteroatoms. The molecule has 730 valence electrons. The van der Waals surface area contributed by atoms with Crippen molar-refractivity contribution >= 4 is 58.3 Å². The van der Waals surface area contributed by atoms with Crippen LogP contribution in [0.5, 0.6) is 0 Å². The topological polar surface area (TPSA) is 491 Å². The van der Waals surface area contributed by atoms with E-state index in [9.17, 15) is 66.4 Å². The van der Waals surface area contributed by atoms with E-state index in [0.717, 1.165) is 19.0 Å². The molecule has 0 aliphatic carbocycles. The van der Waals surface area contributed by atoms with Crippen molar-refractivity contribution in [2.24, 2.45) is 11.8 Å². The van der Waals surface area contributed by atoms with Crippen molar-refractivity contribution in [3.63, 3.8) is 0 Å². The first-order valence-electron chi connectivity index (χ1n) is 43.3. The summed E-state index contributed by atoms with van der Waals surface area (Å²) in [5.74, 6) is -1.64. The summed E-state index contributed by atoms with van der Waals surface area (Å²) in [4.78, 5) is 82.2. The number of hydrogen-bond donors (Lipinski definition) is 10. The van der Waals surface area contributed by atoms with E-state index in [1.807, 2.05) is 0 Å². The molecule has 131 heavy (non-hydrogen) atoms. The molecule has 0 saturated carbocycles. The molecule has 1 aromatic carbocycles. The molecule has 0 radical (unpaired) electrons. The monoisotopic (exact) mass is 1900 g/mol. The van der Waals surface area contributed by atoms with E-state index in [4.69, 9.17) is 109 Å². The highest BCUT2D eigenvalue weighted by Gasteiger charge is 2.40. The van der Waals surface area contributed by atoms with Gasteiger partial charge in [0.05, 0.1) is 256 Å². The summed E-state index contributed by atoms with van der Waals surface area (Å²) in [7, 11) is 0. The van der Waals surface area contributed by atoms with Crippen molar-refractivity contribution in [2.75, 3.05) is 229 Å². The molecular weight excluding hydrogens is 1790 g/mol. The Morgan fingerprint density at radius 3 is 1.85 bits per heavy atom. The first-order valence-corrected chi connectivity index (χ1v) is 44.1. The number of unbranched alkanes of at least 4 members (excludes halogenated alkanes) is 1. The lowest BCUT2D eigenvalue weighted by Gasteiger charge is -2.38. The number of nitrogens with one attached hydrogen (secondary N) is 6. The van der Waals surface area contributed by atoms with E-state index in [-0.39, 0.29) is 231 Å². The van der Waals surface area contributed by atoms with Gasteiger partial charge in [0.2, 0.25) is 23.6 Å². The number of nitrogens with zero attached hydrogens (tertiary/aromatic N) is 10. The van der Waals surface area contributed by atoms with E-state index < -0.39 is 84.6 Å². The molecule has 2 bridgehead atoms. The zero-order valence-corrected chi connectivity index (χ0v) is 74.3. The van der Waals surface area contributed by atoms with Crippen LogP contribution in [0.4, 0.5) is 33.5 Å². The number of aromatic nitrogens is 10. The Kier molecular flexibility index (Phi) is 48.2. The van der Waals surface area contributed by atoms with Crippen LogP contribution in [-0.4, -0.2) is 360 Å². The Morgan fingerprint density at radius 1 is 0.634 bits per heavy atom. The van der Waals surface area contributed by atoms with Crippen LogP contribution in [0.3, 0.4) is 0 Å². The van der Waals surface area contributed by atoms with Crippen LogP contribution in [0.25, 0.3) is 28.2 Å². The standard InChI is InChI=1S/C83H119Cl2F5N16O25/c1-55-45-129-54-97-63-41-98-106(82(86)87)78(63)57-9-14-92-62(38-57)66(104-53-96-61(40-77(104)112)60-39-58(84)6-8-65(60)105-44-71(85)102-103-105)7-5-56(55)4-2-3-13-93-75(110)51-127-36-32-122-33-37-128-52-76(111)99-59(46-123-17-11-73(108)94-15-20-116-22-24-118-26-28-120-30-34-125-49-68-80(114)67(107)10-19-130-68)47-124-18-12-74(109)95-16-21-117-23-25-119-27-29-121-31-35-126-50-69-81(115)79(113)64(48-131-69)100-72-43-91-42-70(101-72)83(88,89)90/h6,8-9,14,38-44,53,55-56,59,64,66-69,79-82,97,107,113-115H,2-5,7,10-13,15-37,45-52,54H2,1H3,(H,93,110)(H,94,108)(H,95,109)(H,99,111)(H,100,101)/t55-,56?,59?,64-,66-,67+,68+,69+,79+,80+,81-/m0/s1. The average Bonchev–Trinajstić information content (AvgIpc) is 1.32. The number of rotatable bonds is 60. The summed E-state index contributed by atoms with van der Waals surface area (Å²) in [5, 5.41) is 70.3. The molecule has 0 spiro atoms. The van der Waals surface area contributed by atoms with Crippen LogP contribution in [0.1, 0.15) is 82.3 Å². The number of hydrogen-bond acceptors (Lipinski definition) is 34. The summed E-state index contributed by atoms with van der Waals surface area (Å²) < 4.78 is 161. The lowest BCUT2D eigenvalue weighted by molar-refractivity contribution is -0.161. The average molecular weight is 1910 g/mol. The van der Waals surface area contributed by atoms with Crippen LogP contribution < -0.4 is 37.5 Å². The number of benzene rings is 1. The molecule has 3 aliphatic rings. The van der Waals surface area contributed by atoms with Gasteiger partial charge in [-0.15, -0.1) is 5.10 Å². The maximum Gasteiger partial charge on any atom is 0.434 e. The van der Waals surface area contributed by atoms with Gasteiger partial charge in [-0.1, -0.05) is 48.2 Å². The van der Waals surface area contributed by atoms with Crippen LogP contribution in [0.2, 0.25) is 10.2 Å². The third kappa shape index (κ3) is 38.5. The first kappa shape index (κ1) is 106. The summed E-state index contributed by atoms with van der Waals surface area (Å²) in [6, 6.07) is 7.30. The molecule has 2 unspecified atom stereocenters. The first-order chi connectivity index (χ1) is 63.5. The quantitative estimate of drug-likeness (QED) is 0.0193. The normalized spacial score (nSPS) is 19.9. The van der Waals surface area contributed by atoms with Gasteiger partial charge in [-0.2, -0.15) is 27.1 Å². The highest BCUT2D eigenvalue weighted by Crippen LogP contribution is 2.37. The highest BCUT2D eigenvalue weighted by molar-refractivity contribution is 6.31. The van der Waals surface area contributed by atoms with Gasteiger partial charge in [-0.3, -0.25) is 38.5 Å². The summed E-state index contributed by atoms with van der Waals surface area (Å²) in [6.07, 6.45) is -0.0271. The predicted molar refractivity (Wildman–Crippen MR) is 457 cm³/mol. The second-order valence-corrected chi connectivity index (χ2v) is 31.3. The minimum absolute atomic E-state index is 0.00233. The van der Waals surface area contributed by atoms with Gasteiger partial charge in [-0.25, -0.2) is 19.3 Å². The second-order valence-electron chi connectivity index (χ2n) is 30.4. The number of ether oxygens (including phenoxy) is 16. The Bertz CT molecular complexity index is 4370. The van der Waals surface area contributed by atoms with Crippen molar-refractivity contribution < 1.29 is 137 Å². The zero-order chi connectivity index (χ0) is 93.4. The fourth-order valence-electron chi connectivity index (χ4n) is 13.8.